The average molecular weight is 284 g/mol. The highest BCUT2D eigenvalue weighted by atomic mass is 16.5. The van der Waals surface area contributed by atoms with Crippen LogP contribution in [0.3, 0.4) is 0 Å². The Bertz CT molecular complexity index is 327. The first-order chi connectivity index (χ1) is 9.54. The third-order valence-electron chi connectivity index (χ3n) is 4.62. The predicted molar refractivity (Wildman–Crippen MR) is 77.6 cm³/mol. The van der Waals surface area contributed by atoms with Gasteiger partial charge in [-0.25, -0.2) is 0 Å². The van der Waals surface area contributed by atoms with E-state index in [0.29, 0.717) is 0 Å². The number of carbonyl (C=O) groups is 1. The van der Waals surface area contributed by atoms with E-state index in [1.165, 1.54) is 0 Å². The van der Waals surface area contributed by atoms with E-state index in [9.17, 15) is 4.79 Å². The molecule has 1 saturated carbocycles. The highest BCUT2D eigenvalue weighted by Crippen LogP contribution is 2.42. The van der Waals surface area contributed by atoms with Crippen molar-refractivity contribution < 1.29 is 14.3 Å². The van der Waals surface area contributed by atoms with Crippen LogP contribution in [0, 0.1) is 5.41 Å². The molecule has 2 fully saturated rings. The zero-order chi connectivity index (χ0) is 14.6. The van der Waals surface area contributed by atoms with Gasteiger partial charge in [0.25, 0.3) is 0 Å². The summed E-state index contributed by atoms with van der Waals surface area (Å²) in [6, 6.07) is 0.197. The van der Waals surface area contributed by atoms with Gasteiger partial charge in [0, 0.05) is 18.1 Å². The molecule has 1 amide bonds. The van der Waals surface area contributed by atoms with Gasteiger partial charge in [0.1, 0.15) is 6.61 Å². The summed E-state index contributed by atoms with van der Waals surface area (Å²) in [6.07, 6.45) is 3.37. The van der Waals surface area contributed by atoms with Gasteiger partial charge in [-0.05, 0) is 39.3 Å². The second-order valence-electron chi connectivity index (χ2n) is 6.38. The van der Waals surface area contributed by atoms with E-state index >= 15 is 0 Å². The van der Waals surface area contributed by atoms with Crippen LogP contribution in [-0.4, -0.2) is 50.5 Å². The number of hydrogen-bond donors (Lipinski definition) is 2. The summed E-state index contributed by atoms with van der Waals surface area (Å²) in [5.41, 5.74) is 0.0143. The van der Waals surface area contributed by atoms with Gasteiger partial charge in [0.15, 0.2) is 0 Å². The zero-order valence-corrected chi connectivity index (χ0v) is 12.9. The van der Waals surface area contributed by atoms with Gasteiger partial charge in [-0.2, -0.15) is 0 Å². The van der Waals surface area contributed by atoms with Crippen LogP contribution >= 0.6 is 0 Å². The number of carbonyl (C=O) groups excluding carboxylic acids is 1. The fourth-order valence-electron chi connectivity index (χ4n) is 3.01. The molecule has 2 rings (SSSR count). The first kappa shape index (κ1) is 15.7. The summed E-state index contributed by atoms with van der Waals surface area (Å²) in [6.45, 7) is 9.18. The van der Waals surface area contributed by atoms with Crippen LogP contribution in [-0.2, 0) is 14.3 Å². The normalized spacial score (nSPS) is 29.8. The maximum Gasteiger partial charge on any atom is 0.246 e. The third kappa shape index (κ3) is 3.71. The average Bonchev–Trinajstić information content (AvgIpc) is 2.45. The van der Waals surface area contributed by atoms with Crippen molar-refractivity contribution in [1.29, 1.82) is 0 Å². The van der Waals surface area contributed by atoms with Gasteiger partial charge < -0.3 is 20.1 Å². The number of amides is 1. The molecule has 2 aliphatic rings. The molecule has 5 nitrogen and oxygen atoms in total. The van der Waals surface area contributed by atoms with Crippen LogP contribution in [0.1, 0.15) is 40.0 Å². The van der Waals surface area contributed by atoms with E-state index in [1.807, 2.05) is 6.92 Å². The molecule has 2 unspecified atom stereocenters. The van der Waals surface area contributed by atoms with Crippen molar-refractivity contribution >= 4 is 5.91 Å². The molecule has 5 heteroatoms. The van der Waals surface area contributed by atoms with Gasteiger partial charge >= 0.3 is 0 Å². The maximum absolute atomic E-state index is 11.9. The van der Waals surface area contributed by atoms with E-state index < -0.39 is 0 Å². The molecule has 1 heterocycles. The van der Waals surface area contributed by atoms with Crippen LogP contribution in [0.2, 0.25) is 0 Å². The van der Waals surface area contributed by atoms with Crippen LogP contribution in [0.25, 0.3) is 0 Å². The maximum atomic E-state index is 11.9. The Hall–Kier alpha value is -0.650. The van der Waals surface area contributed by atoms with E-state index in [4.69, 9.17) is 9.47 Å². The Morgan fingerprint density at radius 3 is 2.60 bits per heavy atom. The molecule has 0 radical (unpaired) electrons. The highest BCUT2D eigenvalue weighted by Gasteiger charge is 2.49. The molecular weight excluding hydrogens is 256 g/mol. The van der Waals surface area contributed by atoms with Gasteiger partial charge in [0.05, 0.1) is 12.2 Å². The summed E-state index contributed by atoms with van der Waals surface area (Å²) < 4.78 is 11.3. The van der Waals surface area contributed by atoms with Crippen molar-refractivity contribution in [3.8, 4) is 0 Å². The van der Waals surface area contributed by atoms with Gasteiger partial charge in [0.2, 0.25) is 5.91 Å². The number of piperidine rings is 1. The Kier molecular flexibility index (Phi) is 5.41. The van der Waals surface area contributed by atoms with Crippen LogP contribution in [0.5, 0.6) is 0 Å². The molecule has 0 aromatic carbocycles. The number of ether oxygens (including phenoxy) is 2. The highest BCUT2D eigenvalue weighted by molar-refractivity contribution is 5.77. The van der Waals surface area contributed by atoms with Crippen LogP contribution in [0.15, 0.2) is 0 Å². The van der Waals surface area contributed by atoms with Crippen molar-refractivity contribution in [1.82, 2.24) is 10.6 Å². The molecule has 2 N–H and O–H groups in total. The number of hydrogen-bond acceptors (Lipinski definition) is 4. The van der Waals surface area contributed by atoms with Crippen LogP contribution in [0.4, 0.5) is 0 Å². The molecule has 0 aromatic heterocycles. The molecule has 1 aliphatic heterocycles. The molecule has 116 valence electrons. The van der Waals surface area contributed by atoms with Crippen molar-refractivity contribution in [2.75, 3.05) is 26.3 Å². The first-order valence-corrected chi connectivity index (χ1v) is 7.77. The smallest absolute Gasteiger partial charge is 0.246 e. The van der Waals surface area contributed by atoms with Crippen molar-refractivity contribution in [3.63, 3.8) is 0 Å². The number of nitrogens with one attached hydrogen (secondary N) is 2. The Morgan fingerprint density at radius 2 is 2.00 bits per heavy atom. The quantitative estimate of drug-likeness (QED) is 0.766. The van der Waals surface area contributed by atoms with E-state index in [2.05, 4.69) is 24.5 Å². The molecule has 1 saturated heterocycles. The number of rotatable bonds is 6. The predicted octanol–water partition coefficient (Wildman–Crippen LogP) is 1.07. The fraction of sp³-hybridized carbons (Fsp3) is 0.933. The van der Waals surface area contributed by atoms with E-state index in [1.54, 1.807) is 0 Å². The van der Waals surface area contributed by atoms with Crippen LogP contribution < -0.4 is 10.6 Å². The SMILES string of the molecule is CCOC1CC(NC(=O)COC2CCNCC2)C1(C)C. The topological polar surface area (TPSA) is 59.6 Å². The lowest BCUT2D eigenvalue weighted by Crippen LogP contribution is -2.62. The summed E-state index contributed by atoms with van der Waals surface area (Å²) in [4.78, 5) is 11.9. The summed E-state index contributed by atoms with van der Waals surface area (Å²) in [5, 5.41) is 6.36. The minimum atomic E-state index is -0.00319. The second-order valence-corrected chi connectivity index (χ2v) is 6.38. The second kappa shape index (κ2) is 6.87. The standard InChI is InChI=1S/C15H28N2O3/c1-4-19-13-9-12(15(13,2)3)17-14(18)10-20-11-5-7-16-8-6-11/h11-13,16H,4-10H2,1-3H3,(H,17,18). The Balaban J connectivity index is 1.67. The molecule has 20 heavy (non-hydrogen) atoms. The molecular formula is C15H28N2O3. The molecule has 0 bridgehead atoms. The minimum Gasteiger partial charge on any atom is -0.378 e. The zero-order valence-electron chi connectivity index (χ0n) is 12.9. The summed E-state index contributed by atoms with van der Waals surface area (Å²) in [5.74, 6) is -0.00319. The van der Waals surface area contributed by atoms with Crippen molar-refractivity contribution in [2.45, 2.75) is 58.3 Å². The first-order valence-electron chi connectivity index (χ1n) is 7.77. The van der Waals surface area contributed by atoms with Gasteiger partial charge in [-0.1, -0.05) is 13.8 Å². The Morgan fingerprint density at radius 1 is 1.30 bits per heavy atom. The fourth-order valence-corrected chi connectivity index (χ4v) is 3.01. The van der Waals surface area contributed by atoms with Crippen molar-refractivity contribution in [3.05, 3.63) is 0 Å². The Labute approximate surface area is 121 Å². The molecule has 0 spiro atoms. The molecule has 1 aliphatic carbocycles. The minimum absolute atomic E-state index is 0.00319. The van der Waals surface area contributed by atoms with E-state index in [-0.39, 0.29) is 36.2 Å². The largest absolute Gasteiger partial charge is 0.378 e. The summed E-state index contributed by atoms with van der Waals surface area (Å²) >= 11 is 0. The monoisotopic (exact) mass is 284 g/mol. The third-order valence-corrected chi connectivity index (χ3v) is 4.62. The van der Waals surface area contributed by atoms with E-state index in [0.717, 1.165) is 39.0 Å². The molecule has 2 atom stereocenters. The molecule has 0 aromatic rings. The lowest BCUT2D eigenvalue weighted by molar-refractivity contribution is -0.142. The van der Waals surface area contributed by atoms with Gasteiger partial charge in [-0.3, -0.25) is 4.79 Å². The summed E-state index contributed by atoms with van der Waals surface area (Å²) in [7, 11) is 0. The lowest BCUT2D eigenvalue weighted by Gasteiger charge is -2.51. The van der Waals surface area contributed by atoms with Gasteiger partial charge in [-0.15, -0.1) is 0 Å². The lowest BCUT2D eigenvalue weighted by atomic mass is 9.64. The van der Waals surface area contributed by atoms with Crippen molar-refractivity contribution in [2.24, 2.45) is 5.41 Å².